The van der Waals surface area contributed by atoms with Gasteiger partial charge in [-0.05, 0) is 44.4 Å². The Morgan fingerprint density at radius 2 is 1.93 bits per heavy atom. The molecule has 7 heteroatoms. The molecule has 1 amide bonds. The second-order valence-electron chi connectivity index (χ2n) is 7.84. The molecule has 0 atom stereocenters. The summed E-state index contributed by atoms with van der Waals surface area (Å²) in [5.74, 6) is 0.224. The van der Waals surface area contributed by atoms with Gasteiger partial charge in [0.2, 0.25) is 5.91 Å². The third-order valence-electron chi connectivity index (χ3n) is 5.73. The molecule has 1 aliphatic heterocycles. The zero-order valence-corrected chi connectivity index (χ0v) is 17.4. The minimum atomic E-state index is 0.224. The van der Waals surface area contributed by atoms with Gasteiger partial charge in [-0.25, -0.2) is 9.50 Å². The van der Waals surface area contributed by atoms with Gasteiger partial charge in [-0.15, -0.1) is 0 Å². The lowest BCUT2D eigenvalue weighted by atomic mass is 10.1. The van der Waals surface area contributed by atoms with Gasteiger partial charge in [-0.3, -0.25) is 14.7 Å². The van der Waals surface area contributed by atoms with Gasteiger partial charge in [0.25, 0.3) is 0 Å². The molecule has 0 radical (unpaired) electrons. The van der Waals surface area contributed by atoms with Crippen molar-refractivity contribution < 1.29 is 4.79 Å². The van der Waals surface area contributed by atoms with Crippen molar-refractivity contribution in [1.82, 2.24) is 29.4 Å². The largest absolute Gasteiger partial charge is 0.340 e. The molecule has 0 unspecified atom stereocenters. The molecular weight excluding hydrogens is 364 g/mol. The number of aryl methyl sites for hydroxylation is 3. The first kappa shape index (κ1) is 19.5. The van der Waals surface area contributed by atoms with Crippen LogP contribution in [0, 0.1) is 20.8 Å². The molecule has 0 aromatic carbocycles. The van der Waals surface area contributed by atoms with Crippen molar-refractivity contribution in [3.8, 4) is 0 Å². The molecule has 3 aromatic heterocycles. The molecule has 29 heavy (non-hydrogen) atoms. The average molecular weight is 393 g/mol. The van der Waals surface area contributed by atoms with Gasteiger partial charge < -0.3 is 4.90 Å². The second-order valence-corrected chi connectivity index (χ2v) is 7.84. The Morgan fingerprint density at radius 3 is 2.66 bits per heavy atom. The van der Waals surface area contributed by atoms with E-state index in [1.165, 1.54) is 5.56 Å². The molecule has 1 saturated heterocycles. The van der Waals surface area contributed by atoms with Gasteiger partial charge in [-0.2, -0.15) is 5.10 Å². The molecule has 0 saturated carbocycles. The lowest BCUT2D eigenvalue weighted by molar-refractivity contribution is -0.133. The van der Waals surface area contributed by atoms with Crippen molar-refractivity contribution >= 4 is 11.6 Å². The van der Waals surface area contributed by atoms with Crippen LogP contribution in [-0.4, -0.2) is 61.5 Å². The second kappa shape index (κ2) is 8.29. The summed E-state index contributed by atoms with van der Waals surface area (Å²) in [6.45, 7) is 10.3. The molecule has 0 aliphatic carbocycles. The third kappa shape index (κ3) is 4.29. The summed E-state index contributed by atoms with van der Waals surface area (Å²) in [5.41, 5.74) is 6.24. The van der Waals surface area contributed by atoms with Gasteiger partial charge in [0.15, 0.2) is 5.65 Å². The summed E-state index contributed by atoms with van der Waals surface area (Å²) >= 11 is 0. The molecule has 7 nitrogen and oxygen atoms in total. The number of aromatic nitrogens is 4. The van der Waals surface area contributed by atoms with E-state index in [2.05, 4.69) is 33.0 Å². The number of carbonyl (C=O) groups is 1. The molecule has 152 valence electrons. The van der Waals surface area contributed by atoms with E-state index in [0.29, 0.717) is 12.8 Å². The van der Waals surface area contributed by atoms with E-state index in [-0.39, 0.29) is 5.91 Å². The van der Waals surface area contributed by atoms with Gasteiger partial charge in [0.1, 0.15) is 0 Å². The summed E-state index contributed by atoms with van der Waals surface area (Å²) in [6, 6.07) is 6.05. The maximum absolute atomic E-state index is 12.8. The first-order valence-corrected chi connectivity index (χ1v) is 10.2. The summed E-state index contributed by atoms with van der Waals surface area (Å²) in [7, 11) is 0. The summed E-state index contributed by atoms with van der Waals surface area (Å²) in [6.07, 6.45) is 4.92. The first-order valence-electron chi connectivity index (χ1n) is 10.2. The molecule has 0 spiro atoms. The molecule has 1 fully saturated rings. The highest BCUT2D eigenvalue weighted by molar-refractivity contribution is 5.76. The van der Waals surface area contributed by atoms with Crippen LogP contribution in [0.2, 0.25) is 0 Å². The highest BCUT2D eigenvalue weighted by atomic mass is 16.2. The van der Waals surface area contributed by atoms with Crippen molar-refractivity contribution in [2.45, 2.75) is 40.2 Å². The van der Waals surface area contributed by atoms with Crippen LogP contribution >= 0.6 is 0 Å². The van der Waals surface area contributed by atoms with E-state index < -0.39 is 0 Å². The van der Waals surface area contributed by atoms with Gasteiger partial charge in [-0.1, -0.05) is 6.07 Å². The summed E-state index contributed by atoms with van der Waals surface area (Å²) in [4.78, 5) is 26.0. The fourth-order valence-electron chi connectivity index (χ4n) is 4.10. The molecule has 4 rings (SSSR count). The zero-order chi connectivity index (χ0) is 20.4. The Balaban J connectivity index is 1.33. The number of fused-ring (bicyclic) bond motifs is 1. The number of hydrogen-bond acceptors (Lipinski definition) is 5. The van der Waals surface area contributed by atoms with Crippen molar-refractivity contribution in [2.24, 2.45) is 0 Å². The normalized spacial score (nSPS) is 15.2. The topological polar surface area (TPSA) is 66.6 Å². The molecule has 3 aromatic rings. The fourth-order valence-corrected chi connectivity index (χ4v) is 4.10. The minimum Gasteiger partial charge on any atom is -0.340 e. The fraction of sp³-hybridized carbons (Fsp3) is 0.455. The predicted molar refractivity (Wildman–Crippen MR) is 112 cm³/mol. The highest BCUT2D eigenvalue weighted by Gasteiger charge is 2.22. The summed E-state index contributed by atoms with van der Waals surface area (Å²) < 4.78 is 1.89. The van der Waals surface area contributed by atoms with Gasteiger partial charge in [0.05, 0.1) is 5.69 Å². The van der Waals surface area contributed by atoms with Crippen LogP contribution in [0.3, 0.4) is 0 Å². The number of piperazine rings is 1. The van der Waals surface area contributed by atoms with E-state index in [9.17, 15) is 4.79 Å². The predicted octanol–water partition coefficient (Wildman–Crippen LogP) is 2.33. The third-order valence-corrected chi connectivity index (χ3v) is 5.73. The van der Waals surface area contributed by atoms with E-state index in [0.717, 1.165) is 61.0 Å². The standard InChI is InChI=1S/C22H28N6O/c1-16-13-21-24-17(2)20(18(3)28(21)25-16)6-7-22(29)27-11-9-26(10-12-27)15-19-5-4-8-23-14-19/h4-5,8,13-14H,6-7,9-12,15H2,1-3H3. The Kier molecular flexibility index (Phi) is 5.58. The molecular formula is C22H28N6O. The monoisotopic (exact) mass is 392 g/mol. The number of rotatable bonds is 5. The maximum atomic E-state index is 12.8. The zero-order valence-electron chi connectivity index (χ0n) is 17.4. The molecule has 0 N–H and O–H groups in total. The van der Waals surface area contributed by atoms with E-state index in [1.54, 1.807) is 6.20 Å². The quantitative estimate of drug-likeness (QED) is 0.667. The van der Waals surface area contributed by atoms with Crippen molar-refractivity contribution in [3.63, 3.8) is 0 Å². The highest BCUT2D eigenvalue weighted by Crippen LogP contribution is 2.18. The number of carbonyl (C=O) groups excluding carboxylic acids is 1. The molecule has 0 bridgehead atoms. The Labute approximate surface area is 171 Å². The average Bonchev–Trinajstić information content (AvgIpc) is 3.09. The SMILES string of the molecule is Cc1cc2nc(C)c(CCC(=O)N3CCN(Cc4cccnc4)CC3)c(C)n2n1. The lowest BCUT2D eigenvalue weighted by Gasteiger charge is -2.34. The Hall–Kier alpha value is -2.80. The Bertz CT molecular complexity index is 1010. The smallest absolute Gasteiger partial charge is 0.222 e. The number of hydrogen-bond donors (Lipinski definition) is 0. The maximum Gasteiger partial charge on any atom is 0.222 e. The molecule has 1 aliphatic rings. The first-order chi connectivity index (χ1) is 14.0. The Morgan fingerprint density at radius 1 is 1.14 bits per heavy atom. The van der Waals surface area contributed by atoms with Crippen LogP contribution < -0.4 is 0 Å². The van der Waals surface area contributed by atoms with Crippen LogP contribution in [0.4, 0.5) is 0 Å². The van der Waals surface area contributed by atoms with Crippen LogP contribution in [0.15, 0.2) is 30.6 Å². The van der Waals surface area contributed by atoms with E-state index in [1.807, 2.05) is 41.6 Å². The number of amides is 1. The van der Waals surface area contributed by atoms with Crippen molar-refractivity contribution in [1.29, 1.82) is 0 Å². The van der Waals surface area contributed by atoms with Crippen LogP contribution in [0.25, 0.3) is 5.65 Å². The van der Waals surface area contributed by atoms with Crippen LogP contribution in [-0.2, 0) is 17.8 Å². The molecule has 4 heterocycles. The van der Waals surface area contributed by atoms with Crippen molar-refractivity contribution in [3.05, 3.63) is 58.8 Å². The number of pyridine rings is 1. The minimum absolute atomic E-state index is 0.224. The van der Waals surface area contributed by atoms with Crippen LogP contribution in [0.5, 0.6) is 0 Å². The van der Waals surface area contributed by atoms with E-state index >= 15 is 0 Å². The summed E-state index contributed by atoms with van der Waals surface area (Å²) in [5, 5.41) is 4.52. The van der Waals surface area contributed by atoms with Crippen LogP contribution in [0.1, 0.15) is 34.6 Å². The number of nitrogens with zero attached hydrogens (tertiary/aromatic N) is 6. The van der Waals surface area contributed by atoms with Gasteiger partial charge >= 0.3 is 0 Å². The lowest BCUT2D eigenvalue weighted by Crippen LogP contribution is -2.48. The van der Waals surface area contributed by atoms with Gasteiger partial charge in [0, 0.05) is 69.0 Å². The van der Waals surface area contributed by atoms with Crippen molar-refractivity contribution in [2.75, 3.05) is 26.2 Å². The van der Waals surface area contributed by atoms with E-state index in [4.69, 9.17) is 0 Å².